The predicted molar refractivity (Wildman–Crippen MR) is 77.1 cm³/mol. The van der Waals surface area contributed by atoms with Crippen LogP contribution in [-0.4, -0.2) is 34.9 Å². The van der Waals surface area contributed by atoms with Gasteiger partial charge in [0.15, 0.2) is 0 Å². The third kappa shape index (κ3) is 3.00. The van der Waals surface area contributed by atoms with Crippen LogP contribution in [0.25, 0.3) is 0 Å². The lowest BCUT2D eigenvalue weighted by Crippen LogP contribution is -2.43. The Labute approximate surface area is 118 Å². The van der Waals surface area contributed by atoms with E-state index < -0.39 is 0 Å². The van der Waals surface area contributed by atoms with Crippen LogP contribution in [0.2, 0.25) is 0 Å². The monoisotopic (exact) mass is 280 g/mol. The van der Waals surface area contributed by atoms with Crippen molar-refractivity contribution in [1.82, 2.24) is 0 Å². The van der Waals surface area contributed by atoms with Crippen LogP contribution in [0.1, 0.15) is 24.8 Å². The first kappa shape index (κ1) is 13.1. The Bertz CT molecular complexity index is 434. The molecule has 2 atom stereocenters. The van der Waals surface area contributed by atoms with E-state index >= 15 is 0 Å². The average molecular weight is 280 g/mol. The van der Waals surface area contributed by atoms with Crippen molar-refractivity contribution in [2.75, 3.05) is 18.1 Å². The summed E-state index contributed by atoms with van der Waals surface area (Å²) in [5.41, 5.74) is 1.06. The first-order valence-corrected chi connectivity index (χ1v) is 8.00. The number of hydrogen-bond donors (Lipinski definition) is 1. The van der Waals surface area contributed by atoms with Gasteiger partial charge < -0.3 is 14.6 Å². The highest BCUT2D eigenvalue weighted by Crippen LogP contribution is 2.39. The largest absolute Gasteiger partial charge is 0.508 e. The lowest BCUT2D eigenvalue weighted by molar-refractivity contribution is -0.0959. The Morgan fingerprint density at radius 1 is 1.42 bits per heavy atom. The minimum absolute atomic E-state index is 0.0411. The molecule has 2 heterocycles. The van der Waals surface area contributed by atoms with Gasteiger partial charge in [0, 0.05) is 24.7 Å². The van der Waals surface area contributed by atoms with Crippen molar-refractivity contribution in [3.63, 3.8) is 0 Å². The van der Waals surface area contributed by atoms with E-state index in [2.05, 4.69) is 0 Å². The summed E-state index contributed by atoms with van der Waals surface area (Å²) < 4.78 is 12.0. The molecule has 0 amide bonds. The molecule has 2 fully saturated rings. The lowest BCUT2D eigenvalue weighted by atomic mass is 9.91. The minimum Gasteiger partial charge on any atom is -0.508 e. The maximum absolute atomic E-state index is 9.62. The van der Waals surface area contributed by atoms with Crippen LogP contribution >= 0.6 is 11.8 Å². The molecule has 1 N–H and O–H groups in total. The molecule has 2 aliphatic heterocycles. The fourth-order valence-electron chi connectivity index (χ4n) is 2.94. The fraction of sp³-hybridized carbons (Fsp3) is 0.600. The Morgan fingerprint density at radius 3 is 3.05 bits per heavy atom. The summed E-state index contributed by atoms with van der Waals surface area (Å²) in [4.78, 5) is 0. The summed E-state index contributed by atoms with van der Waals surface area (Å²) in [6, 6.07) is 5.41. The van der Waals surface area contributed by atoms with Gasteiger partial charge in [-0.25, -0.2) is 0 Å². The zero-order chi connectivity index (χ0) is 13.3. The third-order valence-electron chi connectivity index (χ3n) is 3.85. The molecule has 1 aromatic carbocycles. The number of thioether (sulfide) groups is 1. The lowest BCUT2D eigenvalue weighted by Gasteiger charge is -2.37. The quantitative estimate of drug-likeness (QED) is 0.903. The Morgan fingerprint density at radius 2 is 2.32 bits per heavy atom. The number of phenolic OH excluding ortho intramolecular Hbond substituents is 1. The normalized spacial score (nSPS) is 30.7. The fourth-order valence-corrected chi connectivity index (χ4v) is 4.31. The topological polar surface area (TPSA) is 38.7 Å². The van der Waals surface area contributed by atoms with Crippen molar-refractivity contribution in [2.45, 2.75) is 37.9 Å². The zero-order valence-corrected chi connectivity index (χ0v) is 12.0. The highest BCUT2D eigenvalue weighted by atomic mass is 32.2. The van der Waals surface area contributed by atoms with Crippen molar-refractivity contribution >= 4 is 11.8 Å². The molecule has 3 nitrogen and oxygen atoms in total. The highest BCUT2D eigenvalue weighted by molar-refractivity contribution is 7.99. The molecular weight excluding hydrogens is 260 g/mol. The second-order valence-electron chi connectivity index (χ2n) is 5.57. The molecule has 0 radical (unpaired) electrons. The molecule has 2 unspecified atom stereocenters. The van der Waals surface area contributed by atoms with Crippen molar-refractivity contribution in [3.8, 4) is 11.5 Å². The molecular formula is C15H20O3S. The average Bonchev–Trinajstić information content (AvgIpc) is 2.76. The molecule has 0 aliphatic carbocycles. The first-order valence-electron chi connectivity index (χ1n) is 6.84. The maximum atomic E-state index is 9.62. The Kier molecular flexibility index (Phi) is 3.63. The van der Waals surface area contributed by atoms with Crippen LogP contribution in [0, 0.1) is 6.92 Å². The minimum atomic E-state index is 0.0411. The molecule has 2 saturated heterocycles. The molecule has 0 bridgehead atoms. The second-order valence-corrected chi connectivity index (χ2v) is 6.68. The van der Waals surface area contributed by atoms with Crippen LogP contribution in [0.3, 0.4) is 0 Å². The molecule has 3 rings (SSSR count). The number of phenols is 1. The van der Waals surface area contributed by atoms with Gasteiger partial charge in [-0.15, -0.1) is 0 Å². The van der Waals surface area contributed by atoms with E-state index in [9.17, 15) is 5.11 Å². The molecule has 19 heavy (non-hydrogen) atoms. The SMILES string of the molecule is Cc1cc(O)cc(OC2CCOC3(CCSC3)C2)c1. The number of rotatable bonds is 2. The van der Waals surface area contributed by atoms with E-state index in [1.54, 1.807) is 12.1 Å². The predicted octanol–water partition coefficient (Wildman–Crippen LogP) is 3.13. The van der Waals surface area contributed by atoms with Gasteiger partial charge in [0.05, 0.1) is 12.2 Å². The summed E-state index contributed by atoms with van der Waals surface area (Å²) >= 11 is 1.97. The van der Waals surface area contributed by atoms with Gasteiger partial charge in [0.25, 0.3) is 0 Å². The van der Waals surface area contributed by atoms with Gasteiger partial charge >= 0.3 is 0 Å². The van der Waals surface area contributed by atoms with E-state index in [1.807, 2.05) is 24.8 Å². The molecule has 104 valence electrons. The van der Waals surface area contributed by atoms with Crippen LogP contribution in [0.5, 0.6) is 11.5 Å². The molecule has 2 aliphatic rings. The first-order chi connectivity index (χ1) is 9.15. The summed E-state index contributed by atoms with van der Waals surface area (Å²) in [7, 11) is 0. The summed E-state index contributed by atoms with van der Waals surface area (Å²) in [6.07, 6.45) is 3.24. The van der Waals surface area contributed by atoms with E-state index in [-0.39, 0.29) is 17.5 Å². The van der Waals surface area contributed by atoms with Crippen molar-refractivity contribution in [3.05, 3.63) is 23.8 Å². The maximum Gasteiger partial charge on any atom is 0.123 e. The second kappa shape index (κ2) is 5.25. The van der Waals surface area contributed by atoms with Crippen molar-refractivity contribution in [1.29, 1.82) is 0 Å². The zero-order valence-electron chi connectivity index (χ0n) is 11.2. The number of hydrogen-bond acceptors (Lipinski definition) is 4. The molecule has 0 saturated carbocycles. The summed E-state index contributed by atoms with van der Waals surface area (Å²) in [5.74, 6) is 3.32. The van der Waals surface area contributed by atoms with E-state index in [1.165, 1.54) is 5.75 Å². The van der Waals surface area contributed by atoms with Crippen molar-refractivity contribution < 1.29 is 14.6 Å². The van der Waals surface area contributed by atoms with Gasteiger partial charge in [0.1, 0.15) is 17.6 Å². The number of ether oxygens (including phenoxy) is 2. The van der Waals surface area contributed by atoms with Crippen LogP contribution < -0.4 is 4.74 Å². The van der Waals surface area contributed by atoms with Gasteiger partial charge in [-0.2, -0.15) is 11.8 Å². The van der Waals surface area contributed by atoms with E-state index in [0.717, 1.165) is 42.9 Å². The highest BCUT2D eigenvalue weighted by Gasteiger charge is 2.41. The molecule has 4 heteroatoms. The third-order valence-corrected chi connectivity index (χ3v) is 5.08. The standard InChI is InChI=1S/C15H20O3S/c1-11-6-12(16)8-14(7-11)18-13-2-4-17-15(9-13)3-5-19-10-15/h6-8,13,16H,2-5,9-10H2,1H3. The van der Waals surface area contributed by atoms with Gasteiger partial charge in [-0.05, 0) is 36.8 Å². The van der Waals surface area contributed by atoms with Crippen molar-refractivity contribution in [2.24, 2.45) is 0 Å². The van der Waals surface area contributed by atoms with Crippen LogP contribution in [0.4, 0.5) is 0 Å². The van der Waals surface area contributed by atoms with E-state index in [4.69, 9.17) is 9.47 Å². The molecule has 1 aromatic rings. The van der Waals surface area contributed by atoms with Gasteiger partial charge in [-0.3, -0.25) is 0 Å². The number of aryl methyl sites for hydroxylation is 1. The van der Waals surface area contributed by atoms with Gasteiger partial charge in [-0.1, -0.05) is 0 Å². The number of aromatic hydroxyl groups is 1. The van der Waals surface area contributed by atoms with Crippen LogP contribution in [-0.2, 0) is 4.74 Å². The Balaban J connectivity index is 1.69. The number of benzene rings is 1. The molecule has 0 aromatic heterocycles. The Hall–Kier alpha value is -0.870. The van der Waals surface area contributed by atoms with Crippen LogP contribution in [0.15, 0.2) is 18.2 Å². The van der Waals surface area contributed by atoms with E-state index in [0.29, 0.717) is 0 Å². The molecule has 1 spiro atoms. The smallest absolute Gasteiger partial charge is 0.123 e. The van der Waals surface area contributed by atoms with Gasteiger partial charge in [0.2, 0.25) is 0 Å². The summed E-state index contributed by atoms with van der Waals surface area (Å²) in [5, 5.41) is 9.62. The summed E-state index contributed by atoms with van der Waals surface area (Å²) in [6.45, 7) is 2.74.